The molecule has 0 unspecified atom stereocenters. The predicted molar refractivity (Wildman–Crippen MR) is 83.4 cm³/mol. The van der Waals surface area contributed by atoms with Crippen LogP contribution in [0.3, 0.4) is 0 Å². The molecule has 1 heterocycles. The van der Waals surface area contributed by atoms with Gasteiger partial charge in [0.05, 0.1) is 5.52 Å². The fourth-order valence-electron chi connectivity index (χ4n) is 3.48. The summed E-state index contributed by atoms with van der Waals surface area (Å²) in [5, 5.41) is 0.595. The SMILES string of the molecule is CC(C)(C)C(c1ccc2c(F)cccc2n1)C(C)(C)C. The smallest absolute Gasteiger partial charge is 0.132 e. The molecule has 2 rings (SSSR count). The number of benzene rings is 1. The van der Waals surface area contributed by atoms with Crippen molar-refractivity contribution in [2.45, 2.75) is 47.5 Å². The van der Waals surface area contributed by atoms with E-state index in [0.717, 1.165) is 11.2 Å². The first-order valence-corrected chi connectivity index (χ1v) is 7.16. The molecule has 0 saturated carbocycles. The molecule has 0 N–H and O–H groups in total. The predicted octanol–water partition coefficient (Wildman–Crippen LogP) is 5.55. The lowest BCUT2D eigenvalue weighted by Gasteiger charge is -2.40. The fraction of sp³-hybridized carbons (Fsp3) is 0.500. The molecule has 1 aromatic carbocycles. The summed E-state index contributed by atoms with van der Waals surface area (Å²) in [7, 11) is 0. The van der Waals surface area contributed by atoms with Crippen molar-refractivity contribution in [2.24, 2.45) is 10.8 Å². The molecule has 0 aliphatic carbocycles. The van der Waals surface area contributed by atoms with Crippen LogP contribution in [0.4, 0.5) is 4.39 Å². The van der Waals surface area contributed by atoms with E-state index in [9.17, 15) is 4.39 Å². The number of pyridine rings is 1. The number of aromatic nitrogens is 1. The van der Waals surface area contributed by atoms with E-state index in [2.05, 4.69) is 41.5 Å². The minimum atomic E-state index is -0.204. The van der Waals surface area contributed by atoms with E-state index in [1.54, 1.807) is 6.07 Å². The van der Waals surface area contributed by atoms with E-state index in [-0.39, 0.29) is 16.6 Å². The maximum Gasteiger partial charge on any atom is 0.132 e. The van der Waals surface area contributed by atoms with Gasteiger partial charge in [-0.3, -0.25) is 4.98 Å². The van der Waals surface area contributed by atoms with Crippen molar-refractivity contribution in [3.05, 3.63) is 41.8 Å². The molecule has 1 nitrogen and oxygen atoms in total. The molecule has 0 radical (unpaired) electrons. The lowest BCUT2D eigenvalue weighted by Crippen LogP contribution is -2.31. The summed E-state index contributed by atoms with van der Waals surface area (Å²) in [6.45, 7) is 13.4. The molecule has 2 heteroatoms. The van der Waals surface area contributed by atoms with Gasteiger partial charge in [0.25, 0.3) is 0 Å². The van der Waals surface area contributed by atoms with E-state index < -0.39 is 0 Å². The summed E-state index contributed by atoms with van der Waals surface area (Å²) in [6.07, 6.45) is 0. The van der Waals surface area contributed by atoms with Crippen LogP contribution in [0.15, 0.2) is 30.3 Å². The third kappa shape index (κ3) is 2.84. The van der Waals surface area contributed by atoms with Gasteiger partial charge in [-0.25, -0.2) is 4.39 Å². The Labute approximate surface area is 121 Å². The average molecular weight is 273 g/mol. The first kappa shape index (κ1) is 15.0. The van der Waals surface area contributed by atoms with Crippen molar-refractivity contribution in [1.29, 1.82) is 0 Å². The molecule has 0 amide bonds. The van der Waals surface area contributed by atoms with Gasteiger partial charge in [0.1, 0.15) is 5.82 Å². The van der Waals surface area contributed by atoms with Gasteiger partial charge in [-0.05, 0) is 35.1 Å². The van der Waals surface area contributed by atoms with E-state index in [1.165, 1.54) is 6.07 Å². The quantitative estimate of drug-likeness (QED) is 0.663. The Balaban J connectivity index is 2.61. The summed E-state index contributed by atoms with van der Waals surface area (Å²) in [4.78, 5) is 4.73. The first-order valence-electron chi connectivity index (χ1n) is 7.16. The Morgan fingerprint density at radius 2 is 1.50 bits per heavy atom. The van der Waals surface area contributed by atoms with Crippen LogP contribution in [0.1, 0.15) is 53.2 Å². The van der Waals surface area contributed by atoms with Crippen molar-refractivity contribution >= 4 is 10.9 Å². The van der Waals surface area contributed by atoms with Crippen molar-refractivity contribution in [1.82, 2.24) is 4.98 Å². The van der Waals surface area contributed by atoms with Gasteiger partial charge in [-0.15, -0.1) is 0 Å². The number of halogens is 1. The molecule has 1 aromatic heterocycles. The minimum Gasteiger partial charge on any atom is -0.252 e. The van der Waals surface area contributed by atoms with E-state index in [1.807, 2.05) is 18.2 Å². The molecular formula is C18H24FN. The Bertz CT molecular complexity index is 603. The van der Waals surface area contributed by atoms with E-state index >= 15 is 0 Å². The van der Waals surface area contributed by atoms with Crippen LogP contribution in [0.5, 0.6) is 0 Å². The molecule has 0 fully saturated rings. The third-order valence-electron chi connectivity index (χ3n) is 3.73. The second-order valence-electron chi connectivity index (χ2n) is 7.71. The maximum absolute atomic E-state index is 13.7. The fourth-order valence-corrected chi connectivity index (χ4v) is 3.48. The van der Waals surface area contributed by atoms with Crippen molar-refractivity contribution in [2.75, 3.05) is 0 Å². The monoisotopic (exact) mass is 273 g/mol. The Hall–Kier alpha value is -1.44. The topological polar surface area (TPSA) is 12.9 Å². The highest BCUT2D eigenvalue weighted by atomic mass is 19.1. The average Bonchev–Trinajstić information content (AvgIpc) is 2.25. The van der Waals surface area contributed by atoms with Crippen LogP contribution in [-0.2, 0) is 0 Å². The molecule has 0 spiro atoms. The highest BCUT2D eigenvalue weighted by Gasteiger charge is 2.37. The van der Waals surface area contributed by atoms with Crippen molar-refractivity contribution in [3.63, 3.8) is 0 Å². The normalized spacial score (nSPS) is 13.2. The van der Waals surface area contributed by atoms with Gasteiger partial charge >= 0.3 is 0 Å². The molecular weight excluding hydrogens is 249 g/mol. The van der Waals surface area contributed by atoms with Crippen LogP contribution >= 0.6 is 0 Å². The number of nitrogens with zero attached hydrogens (tertiary/aromatic N) is 1. The third-order valence-corrected chi connectivity index (χ3v) is 3.73. The Kier molecular flexibility index (Phi) is 3.62. The molecule has 20 heavy (non-hydrogen) atoms. The number of hydrogen-bond acceptors (Lipinski definition) is 1. The number of fused-ring (bicyclic) bond motifs is 1. The lowest BCUT2D eigenvalue weighted by atomic mass is 9.65. The molecule has 0 atom stereocenters. The summed E-state index contributed by atoms with van der Waals surface area (Å²) in [6, 6.07) is 8.92. The van der Waals surface area contributed by atoms with Crippen LogP contribution in [-0.4, -0.2) is 4.98 Å². The summed E-state index contributed by atoms with van der Waals surface area (Å²) in [5.41, 5.74) is 1.99. The first-order chi connectivity index (χ1) is 9.10. The highest BCUT2D eigenvalue weighted by Crippen LogP contribution is 2.46. The second kappa shape index (κ2) is 4.83. The summed E-state index contributed by atoms with van der Waals surface area (Å²) in [5.74, 6) is 0.104. The van der Waals surface area contributed by atoms with Crippen molar-refractivity contribution in [3.8, 4) is 0 Å². The molecule has 2 aromatic rings. The summed E-state index contributed by atoms with van der Waals surface area (Å²) < 4.78 is 13.7. The van der Waals surface area contributed by atoms with Gasteiger partial charge in [0.2, 0.25) is 0 Å². The van der Waals surface area contributed by atoms with E-state index in [0.29, 0.717) is 11.3 Å². The van der Waals surface area contributed by atoms with Crippen LogP contribution in [0.25, 0.3) is 10.9 Å². The molecule has 0 aliphatic heterocycles. The van der Waals surface area contributed by atoms with Gasteiger partial charge in [0, 0.05) is 17.0 Å². The molecule has 0 saturated heterocycles. The second-order valence-corrected chi connectivity index (χ2v) is 7.71. The number of hydrogen-bond donors (Lipinski definition) is 0. The maximum atomic E-state index is 13.7. The van der Waals surface area contributed by atoms with Gasteiger partial charge in [-0.2, -0.15) is 0 Å². The zero-order valence-corrected chi connectivity index (χ0v) is 13.3. The summed E-state index contributed by atoms with van der Waals surface area (Å²) >= 11 is 0. The zero-order valence-electron chi connectivity index (χ0n) is 13.3. The molecule has 108 valence electrons. The Morgan fingerprint density at radius 1 is 0.900 bits per heavy atom. The van der Waals surface area contributed by atoms with Crippen LogP contribution < -0.4 is 0 Å². The van der Waals surface area contributed by atoms with Gasteiger partial charge in [-0.1, -0.05) is 47.6 Å². The van der Waals surface area contributed by atoms with E-state index in [4.69, 9.17) is 4.98 Å². The molecule has 0 bridgehead atoms. The van der Waals surface area contributed by atoms with Crippen molar-refractivity contribution < 1.29 is 4.39 Å². The van der Waals surface area contributed by atoms with Crippen LogP contribution in [0, 0.1) is 16.6 Å². The lowest BCUT2D eigenvalue weighted by molar-refractivity contribution is 0.172. The van der Waals surface area contributed by atoms with Crippen LogP contribution in [0.2, 0.25) is 0 Å². The number of rotatable bonds is 1. The Morgan fingerprint density at radius 3 is 2.05 bits per heavy atom. The zero-order chi connectivity index (χ0) is 15.1. The molecule has 0 aliphatic rings. The van der Waals surface area contributed by atoms with Gasteiger partial charge < -0.3 is 0 Å². The van der Waals surface area contributed by atoms with Gasteiger partial charge in [0.15, 0.2) is 0 Å². The largest absolute Gasteiger partial charge is 0.252 e. The minimum absolute atomic E-state index is 0.103. The standard InChI is InChI=1S/C18H24FN/c1-17(2,3)16(18(4,5)6)15-11-10-12-13(19)8-7-9-14(12)20-15/h7-11,16H,1-6H3. The highest BCUT2D eigenvalue weighted by molar-refractivity contribution is 5.79.